The fourth-order valence-electron chi connectivity index (χ4n) is 2.01. The van der Waals surface area contributed by atoms with Gasteiger partial charge in [-0.25, -0.2) is 0 Å². The number of thioether (sulfide) groups is 1. The highest BCUT2D eigenvalue weighted by molar-refractivity contribution is 7.99. The molecule has 6 nitrogen and oxygen atoms in total. The molecule has 20 heavy (non-hydrogen) atoms. The van der Waals surface area contributed by atoms with Gasteiger partial charge in [-0.05, 0) is 25.0 Å². The Morgan fingerprint density at radius 1 is 1.35 bits per heavy atom. The molecule has 2 aromatic rings. The van der Waals surface area contributed by atoms with Gasteiger partial charge in [0.1, 0.15) is 5.75 Å². The first-order valence-corrected chi connectivity index (χ1v) is 7.23. The lowest BCUT2D eigenvalue weighted by molar-refractivity contribution is -0.133. The van der Waals surface area contributed by atoms with Crippen molar-refractivity contribution in [2.24, 2.45) is 0 Å². The first kappa shape index (κ1) is 13.0. The zero-order valence-electron chi connectivity index (χ0n) is 10.6. The van der Waals surface area contributed by atoms with Gasteiger partial charge >= 0.3 is 5.97 Å². The summed E-state index contributed by atoms with van der Waals surface area (Å²) in [5.41, 5.74) is 0.620. The number of carboxylic acid groups (broad SMARTS) is 1. The van der Waals surface area contributed by atoms with Crippen LogP contribution in [0.5, 0.6) is 5.75 Å². The minimum absolute atomic E-state index is 0.0500. The Balaban J connectivity index is 1.99. The second kappa shape index (κ2) is 5.16. The molecule has 104 valence electrons. The number of para-hydroxylation sites is 1. The van der Waals surface area contributed by atoms with Crippen LogP contribution in [0.25, 0.3) is 11.4 Å². The highest BCUT2D eigenvalue weighted by Gasteiger charge is 2.30. The van der Waals surface area contributed by atoms with E-state index >= 15 is 0 Å². The SMILES string of the molecule is O=C(O)CSc1nnc(-c2ccccc2O)n1C1CC1. The highest BCUT2D eigenvalue weighted by atomic mass is 32.2. The van der Waals surface area contributed by atoms with Gasteiger partial charge in [-0.2, -0.15) is 0 Å². The number of nitrogens with zero attached hydrogens (tertiary/aromatic N) is 3. The monoisotopic (exact) mass is 291 g/mol. The van der Waals surface area contributed by atoms with E-state index in [1.54, 1.807) is 18.2 Å². The Hall–Kier alpha value is -2.02. The van der Waals surface area contributed by atoms with Gasteiger partial charge in [0.15, 0.2) is 11.0 Å². The van der Waals surface area contributed by atoms with Gasteiger partial charge in [0.05, 0.1) is 11.3 Å². The number of rotatable bonds is 5. The second-order valence-electron chi connectivity index (χ2n) is 4.61. The summed E-state index contributed by atoms with van der Waals surface area (Å²) in [5, 5.41) is 27.5. The fraction of sp³-hybridized carbons (Fsp3) is 0.308. The topological polar surface area (TPSA) is 88.2 Å². The molecule has 0 unspecified atom stereocenters. The number of aromatic hydroxyl groups is 1. The maximum Gasteiger partial charge on any atom is 0.313 e. The fourth-order valence-corrected chi connectivity index (χ4v) is 2.74. The first-order chi connectivity index (χ1) is 9.66. The lowest BCUT2D eigenvalue weighted by Gasteiger charge is -2.09. The molecule has 0 atom stereocenters. The van der Waals surface area contributed by atoms with Crippen LogP contribution in [-0.2, 0) is 4.79 Å². The summed E-state index contributed by atoms with van der Waals surface area (Å²) < 4.78 is 1.93. The van der Waals surface area contributed by atoms with E-state index in [1.165, 1.54) is 0 Å². The number of carboxylic acids is 1. The van der Waals surface area contributed by atoms with E-state index in [-0.39, 0.29) is 11.5 Å². The van der Waals surface area contributed by atoms with Crippen LogP contribution < -0.4 is 0 Å². The van der Waals surface area contributed by atoms with Gasteiger partial charge in [0.25, 0.3) is 0 Å². The smallest absolute Gasteiger partial charge is 0.313 e. The third kappa shape index (κ3) is 2.49. The van der Waals surface area contributed by atoms with Gasteiger partial charge in [-0.1, -0.05) is 23.9 Å². The van der Waals surface area contributed by atoms with Gasteiger partial charge in [-0.3, -0.25) is 9.36 Å². The summed E-state index contributed by atoms with van der Waals surface area (Å²) in [6, 6.07) is 7.26. The van der Waals surface area contributed by atoms with Gasteiger partial charge in [0, 0.05) is 6.04 Å². The number of carbonyl (C=O) groups is 1. The lowest BCUT2D eigenvalue weighted by atomic mass is 10.2. The Labute approximate surface area is 119 Å². The summed E-state index contributed by atoms with van der Waals surface area (Å²) in [5.74, 6) is -0.189. The van der Waals surface area contributed by atoms with Crippen molar-refractivity contribution in [1.82, 2.24) is 14.8 Å². The van der Waals surface area contributed by atoms with Crippen molar-refractivity contribution in [3.8, 4) is 17.1 Å². The molecule has 0 aliphatic heterocycles. The molecule has 1 aromatic carbocycles. The molecule has 1 fully saturated rings. The van der Waals surface area contributed by atoms with Crippen LogP contribution in [0, 0.1) is 0 Å². The standard InChI is InChI=1S/C13H13N3O3S/c17-10-4-2-1-3-9(10)12-14-15-13(20-7-11(18)19)16(12)8-5-6-8/h1-4,8,17H,5-7H2,(H,18,19). The Kier molecular flexibility index (Phi) is 3.35. The van der Waals surface area contributed by atoms with E-state index < -0.39 is 5.97 Å². The van der Waals surface area contributed by atoms with E-state index in [0.29, 0.717) is 22.6 Å². The highest BCUT2D eigenvalue weighted by Crippen LogP contribution is 2.42. The summed E-state index contributed by atoms with van der Waals surface area (Å²) in [4.78, 5) is 10.7. The molecule has 1 aromatic heterocycles. The van der Waals surface area contributed by atoms with E-state index in [2.05, 4.69) is 10.2 Å². The van der Waals surface area contributed by atoms with Crippen molar-refractivity contribution in [1.29, 1.82) is 0 Å². The zero-order chi connectivity index (χ0) is 14.1. The maximum atomic E-state index is 10.7. The van der Waals surface area contributed by atoms with Crippen LogP contribution in [0.3, 0.4) is 0 Å². The van der Waals surface area contributed by atoms with Crippen LogP contribution >= 0.6 is 11.8 Å². The van der Waals surface area contributed by atoms with Gasteiger partial charge in [-0.15, -0.1) is 10.2 Å². The van der Waals surface area contributed by atoms with Crippen LogP contribution in [0.15, 0.2) is 29.4 Å². The van der Waals surface area contributed by atoms with Gasteiger partial charge < -0.3 is 10.2 Å². The lowest BCUT2D eigenvalue weighted by Crippen LogP contribution is -2.03. The second-order valence-corrected chi connectivity index (χ2v) is 5.55. The number of benzene rings is 1. The van der Waals surface area contributed by atoms with Crippen molar-refractivity contribution in [2.75, 3.05) is 5.75 Å². The number of aromatic nitrogens is 3. The Morgan fingerprint density at radius 3 is 2.75 bits per heavy atom. The predicted octanol–water partition coefficient (Wildman–Crippen LogP) is 2.16. The van der Waals surface area contributed by atoms with Crippen molar-refractivity contribution in [2.45, 2.75) is 24.0 Å². The van der Waals surface area contributed by atoms with Crippen molar-refractivity contribution < 1.29 is 15.0 Å². The summed E-state index contributed by atoms with van der Waals surface area (Å²) in [6.07, 6.45) is 2.05. The third-order valence-corrected chi connectivity index (χ3v) is 3.97. The summed E-state index contributed by atoms with van der Waals surface area (Å²) >= 11 is 1.15. The molecule has 1 saturated carbocycles. The minimum atomic E-state index is -0.885. The zero-order valence-corrected chi connectivity index (χ0v) is 11.4. The van der Waals surface area contributed by atoms with Gasteiger partial charge in [0.2, 0.25) is 0 Å². The largest absolute Gasteiger partial charge is 0.507 e. The molecule has 0 amide bonds. The summed E-state index contributed by atoms with van der Waals surface area (Å²) in [7, 11) is 0. The molecule has 0 radical (unpaired) electrons. The molecular formula is C13H13N3O3S. The normalized spacial score (nSPS) is 14.4. The molecule has 1 aliphatic carbocycles. The molecule has 7 heteroatoms. The number of aliphatic carboxylic acids is 1. The molecule has 1 aliphatic rings. The Bertz CT molecular complexity index is 652. The van der Waals surface area contributed by atoms with E-state index in [1.807, 2.05) is 10.6 Å². The van der Waals surface area contributed by atoms with Crippen molar-refractivity contribution in [3.63, 3.8) is 0 Å². The number of phenolic OH excluding ortho intramolecular Hbond substituents is 1. The van der Waals surface area contributed by atoms with Crippen LogP contribution in [0.2, 0.25) is 0 Å². The van der Waals surface area contributed by atoms with Crippen LogP contribution in [0.4, 0.5) is 0 Å². The quantitative estimate of drug-likeness (QED) is 0.821. The molecule has 0 saturated heterocycles. The summed E-state index contributed by atoms with van der Waals surface area (Å²) in [6.45, 7) is 0. The third-order valence-electron chi connectivity index (χ3n) is 3.05. The first-order valence-electron chi connectivity index (χ1n) is 6.24. The minimum Gasteiger partial charge on any atom is -0.507 e. The molecule has 3 rings (SSSR count). The van der Waals surface area contributed by atoms with Crippen LogP contribution in [0.1, 0.15) is 18.9 Å². The average Bonchev–Trinajstić information content (AvgIpc) is 3.17. The van der Waals surface area contributed by atoms with Crippen molar-refractivity contribution >= 4 is 17.7 Å². The molecule has 1 heterocycles. The predicted molar refractivity (Wildman–Crippen MR) is 73.8 cm³/mol. The Morgan fingerprint density at radius 2 is 2.10 bits per heavy atom. The van der Waals surface area contributed by atoms with Crippen molar-refractivity contribution in [3.05, 3.63) is 24.3 Å². The molecular weight excluding hydrogens is 278 g/mol. The molecule has 2 N–H and O–H groups in total. The van der Waals surface area contributed by atoms with E-state index in [9.17, 15) is 9.90 Å². The molecule has 0 spiro atoms. The number of hydrogen-bond acceptors (Lipinski definition) is 5. The maximum absolute atomic E-state index is 10.7. The average molecular weight is 291 g/mol. The van der Waals surface area contributed by atoms with E-state index in [0.717, 1.165) is 24.6 Å². The van der Waals surface area contributed by atoms with E-state index in [4.69, 9.17) is 5.11 Å². The molecule has 0 bridgehead atoms. The number of hydrogen-bond donors (Lipinski definition) is 2. The van der Waals surface area contributed by atoms with Crippen LogP contribution in [-0.4, -0.2) is 36.7 Å². The number of phenols is 1.